The van der Waals surface area contributed by atoms with E-state index in [4.69, 9.17) is 17.7 Å². The van der Waals surface area contributed by atoms with Crippen molar-refractivity contribution in [3.05, 3.63) is 89.2 Å². The number of urea groups is 1. The zero-order valence-electron chi connectivity index (χ0n) is 59.0. The molecular formula is C75H108N6O17. The van der Waals surface area contributed by atoms with Gasteiger partial charge in [-0.25, -0.2) is 4.79 Å². The second-order valence-corrected chi connectivity index (χ2v) is 26.1. The molecule has 6 amide bonds. The van der Waals surface area contributed by atoms with Gasteiger partial charge in [0.1, 0.15) is 47.4 Å². The minimum atomic E-state index is -0.829. The van der Waals surface area contributed by atoms with E-state index in [1.807, 2.05) is 0 Å². The Labute approximate surface area is 574 Å². The monoisotopic (exact) mass is 1360 g/mol. The highest BCUT2D eigenvalue weighted by Gasteiger charge is 2.28. The van der Waals surface area contributed by atoms with Crippen molar-refractivity contribution in [1.82, 2.24) is 29.4 Å². The molecule has 0 unspecified atom stereocenters. The van der Waals surface area contributed by atoms with Crippen molar-refractivity contribution < 1.29 is 62.1 Å². The Morgan fingerprint density at radius 3 is 0.796 bits per heavy atom. The normalized spacial score (nSPS) is 11.5. The van der Waals surface area contributed by atoms with Crippen LogP contribution in [0.3, 0.4) is 0 Å². The molecule has 4 N–H and O–H groups in total. The molecular weight excluding hydrogens is 1260 g/mol. The van der Waals surface area contributed by atoms with Crippen LogP contribution in [0.15, 0.2) is 74.0 Å². The van der Waals surface area contributed by atoms with Crippen molar-refractivity contribution in [1.29, 1.82) is 0 Å². The molecule has 0 saturated carbocycles. The zero-order chi connectivity index (χ0) is 71.1. The minimum absolute atomic E-state index is 0.0204. The van der Waals surface area contributed by atoms with Gasteiger partial charge in [-0.2, -0.15) is 0 Å². The molecule has 23 heteroatoms. The first-order valence-corrected chi connectivity index (χ1v) is 36.2. The van der Waals surface area contributed by atoms with E-state index in [1.54, 1.807) is 29.4 Å². The topological polar surface area (TPSA) is 307 Å². The van der Waals surface area contributed by atoms with E-state index in [0.717, 1.165) is 166 Å². The molecule has 6 rings (SSSR count). The molecule has 0 spiro atoms. The summed E-state index contributed by atoms with van der Waals surface area (Å²) < 4.78 is 23.0. The fourth-order valence-corrected chi connectivity index (χ4v) is 12.8. The van der Waals surface area contributed by atoms with Crippen LogP contribution in [0.4, 0.5) is 4.79 Å². The van der Waals surface area contributed by atoms with Crippen LogP contribution in [0.5, 0.6) is 23.0 Å². The Morgan fingerprint density at radius 2 is 0.541 bits per heavy atom. The Kier molecular flexibility index (Phi) is 33.0. The fraction of sp³-hybridized carbons (Fsp3) is 0.613. The quantitative estimate of drug-likeness (QED) is 0.0204. The van der Waals surface area contributed by atoms with Crippen LogP contribution < -0.4 is 21.7 Å². The summed E-state index contributed by atoms with van der Waals surface area (Å²) in [5.41, 5.74) is -3.03. The number of carbonyl (C=O) groups excluding carboxylic acids is 5. The number of benzene rings is 2. The first-order chi connectivity index (χ1) is 47.3. The third-order valence-electron chi connectivity index (χ3n) is 18.7. The lowest BCUT2D eigenvalue weighted by molar-refractivity contribution is -0.134. The van der Waals surface area contributed by atoms with Crippen LogP contribution in [-0.4, -0.2) is 158 Å². The van der Waals surface area contributed by atoms with Crippen LogP contribution in [0.1, 0.15) is 220 Å². The van der Waals surface area contributed by atoms with E-state index in [-0.39, 0.29) is 163 Å². The van der Waals surface area contributed by atoms with Gasteiger partial charge in [0.05, 0.1) is 21.5 Å². The predicted molar refractivity (Wildman–Crippen MR) is 380 cm³/mol. The highest BCUT2D eigenvalue weighted by atomic mass is 16.4. The summed E-state index contributed by atoms with van der Waals surface area (Å²) in [6.45, 7) is 14.1. The van der Waals surface area contributed by atoms with Gasteiger partial charge in [-0.15, -0.1) is 0 Å². The molecule has 2 aromatic carbocycles. The summed E-state index contributed by atoms with van der Waals surface area (Å²) >= 11 is 0. The fourth-order valence-electron chi connectivity index (χ4n) is 12.8. The average molecular weight is 1370 g/mol. The Morgan fingerprint density at radius 1 is 0.316 bits per heavy atom. The third kappa shape index (κ3) is 22.9. The number of hydrogen-bond donors (Lipinski definition) is 4. The molecule has 23 nitrogen and oxygen atoms in total. The number of carbonyl (C=O) groups is 5. The average Bonchev–Trinajstić information content (AvgIpc) is 0.760. The number of hydrogen-bond acceptors (Lipinski definition) is 17. The van der Waals surface area contributed by atoms with Crippen LogP contribution in [0.25, 0.3) is 43.9 Å². The lowest BCUT2D eigenvalue weighted by Crippen LogP contribution is -2.51. The maximum Gasteiger partial charge on any atom is 0.320 e. The van der Waals surface area contributed by atoms with Gasteiger partial charge >= 0.3 is 6.03 Å². The summed E-state index contributed by atoms with van der Waals surface area (Å²) in [5.74, 6) is -3.88. The Bertz CT molecular complexity index is 3430. The summed E-state index contributed by atoms with van der Waals surface area (Å²) in [4.78, 5) is 136. The van der Waals surface area contributed by atoms with E-state index in [9.17, 15) is 49.2 Å². The lowest BCUT2D eigenvalue weighted by atomic mass is 10.0. The van der Waals surface area contributed by atoms with Gasteiger partial charge in [-0.05, 0) is 50.7 Å². The van der Waals surface area contributed by atoms with Crippen LogP contribution in [0.2, 0.25) is 0 Å². The number of rotatable bonds is 46. The van der Waals surface area contributed by atoms with Crippen molar-refractivity contribution >= 4 is 73.5 Å². The maximum atomic E-state index is 15.7. The summed E-state index contributed by atoms with van der Waals surface area (Å²) in [6, 6.07) is 2.07. The number of fused-ring (bicyclic) bond motifs is 4. The second kappa shape index (κ2) is 41.1. The number of unbranched alkanes of at least 4 members (excludes halogenated alkanes) is 20. The van der Waals surface area contributed by atoms with Crippen LogP contribution in [0, 0.1) is 0 Å². The Hall–Kier alpha value is -8.37. The summed E-state index contributed by atoms with van der Waals surface area (Å²) in [7, 11) is 0. The van der Waals surface area contributed by atoms with E-state index < -0.39 is 44.7 Å². The molecule has 0 aliphatic heterocycles. The molecule has 0 saturated heterocycles. The SMILES string of the molecule is CCCCCCCCN(CCN(CCN(CCCCCCCC)C(=O)N(CCCCCCCC)CCN(CCN(CCCCCCCC)C(C)=O)C(=O)CCc1c2occ(O)c(=O)c2cc2c(=O)c(O)coc12)C(=O)CCc1c2occ(O)c(=O)c2cc2c(=O)c(O)coc12)C(C)=O. The molecule has 6 aromatic rings. The smallest absolute Gasteiger partial charge is 0.320 e. The predicted octanol–water partition coefficient (Wildman–Crippen LogP) is 13.0. The van der Waals surface area contributed by atoms with E-state index in [0.29, 0.717) is 39.0 Å². The van der Waals surface area contributed by atoms with Crippen molar-refractivity contribution in [3.8, 4) is 23.0 Å². The number of amides is 6. The molecule has 0 aliphatic carbocycles. The maximum absolute atomic E-state index is 15.7. The first kappa shape index (κ1) is 78.6. The Balaban J connectivity index is 1.35. The molecule has 98 heavy (non-hydrogen) atoms. The molecule has 0 aliphatic rings. The van der Waals surface area contributed by atoms with Crippen molar-refractivity contribution in [2.75, 3.05) is 78.5 Å². The van der Waals surface area contributed by atoms with Gasteiger partial charge in [0, 0.05) is 116 Å². The molecule has 4 aromatic heterocycles. The number of nitrogens with zero attached hydrogens (tertiary/aromatic N) is 6. The second-order valence-electron chi connectivity index (χ2n) is 26.1. The lowest BCUT2D eigenvalue weighted by Gasteiger charge is -2.35. The van der Waals surface area contributed by atoms with Gasteiger partial charge in [0.25, 0.3) is 0 Å². The van der Waals surface area contributed by atoms with Crippen LogP contribution >= 0.6 is 0 Å². The summed E-state index contributed by atoms with van der Waals surface area (Å²) in [5, 5.41) is 40.9. The van der Waals surface area contributed by atoms with E-state index in [1.165, 1.54) is 26.0 Å². The molecule has 0 radical (unpaired) electrons. The minimum Gasteiger partial charge on any atom is -0.502 e. The van der Waals surface area contributed by atoms with Gasteiger partial charge in [-0.1, -0.05) is 156 Å². The van der Waals surface area contributed by atoms with Crippen molar-refractivity contribution in [2.45, 2.75) is 221 Å². The molecule has 0 atom stereocenters. The molecule has 4 heterocycles. The highest BCUT2D eigenvalue weighted by Crippen LogP contribution is 2.32. The van der Waals surface area contributed by atoms with Crippen molar-refractivity contribution in [3.63, 3.8) is 0 Å². The van der Waals surface area contributed by atoms with Crippen molar-refractivity contribution in [2.24, 2.45) is 0 Å². The van der Waals surface area contributed by atoms with Gasteiger partial charge in [0.2, 0.25) is 45.3 Å². The summed E-state index contributed by atoms with van der Waals surface area (Å²) in [6.07, 6.45) is 26.1. The van der Waals surface area contributed by atoms with Gasteiger partial charge in [0.15, 0.2) is 23.0 Å². The van der Waals surface area contributed by atoms with Crippen LogP contribution in [-0.2, 0) is 32.0 Å². The van der Waals surface area contributed by atoms with E-state index in [2.05, 4.69) is 27.7 Å². The largest absolute Gasteiger partial charge is 0.502 e. The molecule has 540 valence electrons. The zero-order valence-corrected chi connectivity index (χ0v) is 59.0. The third-order valence-corrected chi connectivity index (χ3v) is 18.7. The highest BCUT2D eigenvalue weighted by molar-refractivity contribution is 5.99. The molecule has 0 bridgehead atoms. The number of aromatic hydroxyl groups is 4. The first-order valence-electron chi connectivity index (χ1n) is 36.2. The molecule has 0 fully saturated rings. The standard InChI is InChI=1S/C75H108N6O17/c1-7-11-15-19-23-27-35-76(53(5)82)39-41-78(65(88)33-31-55-71-57(67(90)61(84)49-95-71)47-58-68(91)62(85)50-96-72(55)58)43-45-80(37-29-25-21-17-13-9-3)75(94)81(38-30-26-22-18-14-10-4)46-44-79(42-40-77(54(6)83)36-28-24-20-16-12-8-2)66(89)34-32-56-73-59(69(92)63(86)51-97-73)48-60-70(93)64(87)52-98-74(56)60/h47-52,84-87H,7-46H2,1-6H3. The van der Waals surface area contributed by atoms with E-state index >= 15 is 14.4 Å². The van der Waals surface area contributed by atoms with Gasteiger partial charge < -0.3 is 67.5 Å². The number of aryl methyl sites for hydroxylation is 2. The van der Waals surface area contributed by atoms with Gasteiger partial charge in [-0.3, -0.25) is 38.4 Å².